The Morgan fingerprint density at radius 1 is 1.64 bits per heavy atom. The fraction of sp³-hybridized carbons (Fsp3) is 0.444. The van der Waals surface area contributed by atoms with Gasteiger partial charge < -0.3 is 10.2 Å². The molecule has 1 rings (SSSR count). The van der Waals surface area contributed by atoms with Crippen LogP contribution in [0.1, 0.15) is 0 Å². The summed E-state index contributed by atoms with van der Waals surface area (Å²) >= 11 is 5.59. The van der Waals surface area contributed by atoms with E-state index in [1.54, 1.807) is 11.9 Å². The molecule has 0 saturated carbocycles. The van der Waals surface area contributed by atoms with Crippen LogP contribution < -0.4 is 10.2 Å². The Morgan fingerprint density at radius 3 is 2.93 bits per heavy atom. The number of halogens is 2. The van der Waals surface area contributed by atoms with Gasteiger partial charge in [0.1, 0.15) is 0 Å². The second-order valence-electron chi connectivity index (χ2n) is 2.98. The molecule has 0 aliphatic rings. The van der Waals surface area contributed by atoms with Crippen molar-refractivity contribution in [2.45, 2.75) is 0 Å². The number of nitrogens with one attached hydrogen (secondary N) is 1. The molecule has 0 aliphatic heterocycles. The normalized spacial score (nSPS) is 10.3. The monoisotopic (exact) mass is 217 g/mol. The summed E-state index contributed by atoms with van der Waals surface area (Å²) in [5, 5.41) is 3.29. The first-order valence-electron chi connectivity index (χ1n) is 4.32. The number of rotatable bonds is 4. The van der Waals surface area contributed by atoms with E-state index in [-0.39, 0.29) is 0 Å². The first-order valence-corrected chi connectivity index (χ1v) is 4.69. The van der Waals surface area contributed by atoms with Crippen LogP contribution in [0, 0.1) is 5.82 Å². The minimum Gasteiger partial charge on any atom is -0.356 e. The predicted octanol–water partition coefficient (Wildman–Crippen LogP) is 1.53. The van der Waals surface area contributed by atoms with Gasteiger partial charge in [-0.1, -0.05) is 11.6 Å². The Hall–Kier alpha value is -0.870. The SMILES string of the molecule is CNCCN(C)c1ncc(Cl)cc1F. The van der Waals surface area contributed by atoms with Crippen LogP contribution in [0.4, 0.5) is 10.2 Å². The topological polar surface area (TPSA) is 28.2 Å². The molecule has 1 aromatic rings. The van der Waals surface area contributed by atoms with Gasteiger partial charge in [0.25, 0.3) is 0 Å². The molecule has 0 atom stereocenters. The van der Waals surface area contributed by atoms with Crippen molar-refractivity contribution in [1.29, 1.82) is 0 Å². The molecule has 78 valence electrons. The Labute approximate surface area is 87.9 Å². The summed E-state index contributed by atoms with van der Waals surface area (Å²) in [6, 6.07) is 1.26. The summed E-state index contributed by atoms with van der Waals surface area (Å²) in [5.74, 6) is -0.0687. The second-order valence-corrected chi connectivity index (χ2v) is 3.42. The van der Waals surface area contributed by atoms with Crippen LogP contribution in [0.3, 0.4) is 0 Å². The van der Waals surface area contributed by atoms with Crippen LogP contribution >= 0.6 is 11.6 Å². The smallest absolute Gasteiger partial charge is 0.167 e. The van der Waals surface area contributed by atoms with Crippen molar-refractivity contribution in [2.24, 2.45) is 0 Å². The summed E-state index contributed by atoms with van der Waals surface area (Å²) in [6.07, 6.45) is 1.44. The van der Waals surface area contributed by atoms with E-state index in [0.29, 0.717) is 17.4 Å². The summed E-state index contributed by atoms with van der Waals surface area (Å²) in [4.78, 5) is 5.66. The van der Waals surface area contributed by atoms with Crippen molar-refractivity contribution in [1.82, 2.24) is 10.3 Å². The first kappa shape index (κ1) is 11.2. The van der Waals surface area contributed by atoms with Gasteiger partial charge in [0.15, 0.2) is 11.6 Å². The number of anilines is 1. The number of hydrogen-bond donors (Lipinski definition) is 1. The van der Waals surface area contributed by atoms with Crippen molar-refractivity contribution in [3.8, 4) is 0 Å². The highest BCUT2D eigenvalue weighted by Crippen LogP contribution is 2.17. The van der Waals surface area contributed by atoms with Crippen LogP contribution in [0.2, 0.25) is 5.02 Å². The number of hydrogen-bond acceptors (Lipinski definition) is 3. The van der Waals surface area contributed by atoms with Crippen molar-refractivity contribution in [3.05, 3.63) is 23.1 Å². The van der Waals surface area contributed by atoms with E-state index in [1.165, 1.54) is 12.3 Å². The van der Waals surface area contributed by atoms with E-state index in [0.717, 1.165) is 6.54 Å². The van der Waals surface area contributed by atoms with Gasteiger partial charge in [-0.05, 0) is 13.1 Å². The molecule has 0 aliphatic carbocycles. The molecule has 0 unspecified atom stereocenters. The third-order valence-corrected chi connectivity index (χ3v) is 2.05. The lowest BCUT2D eigenvalue weighted by molar-refractivity contribution is 0.613. The highest BCUT2D eigenvalue weighted by molar-refractivity contribution is 6.30. The van der Waals surface area contributed by atoms with Gasteiger partial charge in [-0.3, -0.25) is 0 Å². The maximum atomic E-state index is 13.3. The largest absolute Gasteiger partial charge is 0.356 e. The lowest BCUT2D eigenvalue weighted by atomic mass is 10.4. The van der Waals surface area contributed by atoms with Crippen LogP contribution in [0.25, 0.3) is 0 Å². The van der Waals surface area contributed by atoms with E-state index in [1.807, 2.05) is 7.05 Å². The zero-order valence-electron chi connectivity index (χ0n) is 8.22. The Balaban J connectivity index is 2.74. The van der Waals surface area contributed by atoms with E-state index in [4.69, 9.17) is 11.6 Å². The fourth-order valence-electron chi connectivity index (χ4n) is 1.07. The third kappa shape index (κ3) is 2.82. The molecule has 0 aromatic carbocycles. The molecule has 0 fully saturated rings. The van der Waals surface area contributed by atoms with Crippen molar-refractivity contribution < 1.29 is 4.39 Å². The Morgan fingerprint density at radius 2 is 2.36 bits per heavy atom. The summed E-state index contributed by atoms with van der Waals surface area (Å²) < 4.78 is 13.3. The van der Waals surface area contributed by atoms with Crippen LogP contribution in [0.15, 0.2) is 12.3 Å². The summed E-state index contributed by atoms with van der Waals surface area (Å²) in [7, 11) is 3.64. The number of aromatic nitrogens is 1. The second kappa shape index (κ2) is 5.12. The van der Waals surface area contributed by atoms with Crippen molar-refractivity contribution in [3.63, 3.8) is 0 Å². The number of likely N-dealkylation sites (N-methyl/N-ethyl adjacent to an activating group) is 2. The van der Waals surface area contributed by atoms with Gasteiger partial charge in [0.05, 0.1) is 5.02 Å². The molecule has 5 heteroatoms. The van der Waals surface area contributed by atoms with Gasteiger partial charge in [0.2, 0.25) is 0 Å². The fourth-order valence-corrected chi connectivity index (χ4v) is 1.22. The Bertz CT molecular complexity index is 306. The van der Waals surface area contributed by atoms with Gasteiger partial charge in [-0.15, -0.1) is 0 Å². The molecule has 0 bridgehead atoms. The number of pyridine rings is 1. The number of nitrogens with zero attached hydrogens (tertiary/aromatic N) is 2. The van der Waals surface area contributed by atoms with Gasteiger partial charge >= 0.3 is 0 Å². The highest BCUT2D eigenvalue weighted by Gasteiger charge is 2.08. The van der Waals surface area contributed by atoms with Crippen LogP contribution in [-0.2, 0) is 0 Å². The summed E-state index contributed by atoms with van der Waals surface area (Å²) in [6.45, 7) is 1.47. The molecule has 0 radical (unpaired) electrons. The lowest BCUT2D eigenvalue weighted by Gasteiger charge is -2.18. The van der Waals surface area contributed by atoms with Gasteiger partial charge in [0, 0.05) is 26.3 Å². The standard InChI is InChI=1S/C9H13ClFN3/c1-12-3-4-14(2)9-8(11)5-7(10)6-13-9/h5-6,12H,3-4H2,1-2H3. The lowest BCUT2D eigenvalue weighted by Crippen LogP contribution is -2.28. The first-order chi connectivity index (χ1) is 6.65. The summed E-state index contributed by atoms with van der Waals surface area (Å²) in [5.41, 5.74) is 0. The molecular weight excluding hydrogens is 205 g/mol. The molecule has 3 nitrogen and oxygen atoms in total. The maximum Gasteiger partial charge on any atom is 0.167 e. The van der Waals surface area contributed by atoms with E-state index < -0.39 is 5.82 Å². The molecular formula is C9H13ClFN3. The van der Waals surface area contributed by atoms with Gasteiger partial charge in [-0.25, -0.2) is 9.37 Å². The van der Waals surface area contributed by atoms with E-state index in [9.17, 15) is 4.39 Å². The molecule has 14 heavy (non-hydrogen) atoms. The molecule has 0 amide bonds. The average Bonchev–Trinajstić information content (AvgIpc) is 2.14. The van der Waals surface area contributed by atoms with E-state index >= 15 is 0 Å². The van der Waals surface area contributed by atoms with Gasteiger partial charge in [-0.2, -0.15) is 0 Å². The van der Waals surface area contributed by atoms with E-state index in [2.05, 4.69) is 10.3 Å². The molecule has 0 spiro atoms. The third-order valence-electron chi connectivity index (χ3n) is 1.85. The molecule has 1 N–H and O–H groups in total. The molecule has 0 saturated heterocycles. The molecule has 1 aromatic heterocycles. The molecule has 1 heterocycles. The predicted molar refractivity (Wildman–Crippen MR) is 56.4 cm³/mol. The average molecular weight is 218 g/mol. The Kier molecular flexibility index (Phi) is 4.10. The zero-order chi connectivity index (χ0) is 10.6. The van der Waals surface area contributed by atoms with Crippen LogP contribution in [0.5, 0.6) is 0 Å². The minimum absolute atomic E-state index is 0.313. The van der Waals surface area contributed by atoms with Crippen LogP contribution in [-0.4, -0.2) is 32.2 Å². The maximum absolute atomic E-state index is 13.3. The highest BCUT2D eigenvalue weighted by atomic mass is 35.5. The minimum atomic E-state index is -0.392. The quantitative estimate of drug-likeness (QED) is 0.829. The van der Waals surface area contributed by atoms with Crippen molar-refractivity contribution >= 4 is 17.4 Å². The van der Waals surface area contributed by atoms with Crippen molar-refractivity contribution in [2.75, 3.05) is 32.1 Å². The zero-order valence-corrected chi connectivity index (χ0v) is 8.98.